The maximum atomic E-state index is 6.06. The van der Waals surface area contributed by atoms with E-state index in [2.05, 4.69) is 17.2 Å². The van der Waals surface area contributed by atoms with Crippen LogP contribution in [-0.2, 0) is 11.2 Å². The first-order valence-corrected chi connectivity index (χ1v) is 6.40. The van der Waals surface area contributed by atoms with Crippen molar-refractivity contribution in [1.29, 1.82) is 0 Å². The Balaban J connectivity index is 2.19. The lowest BCUT2D eigenvalue weighted by atomic mass is 10.0. The van der Waals surface area contributed by atoms with Gasteiger partial charge in [-0.15, -0.1) is 0 Å². The van der Waals surface area contributed by atoms with Crippen LogP contribution in [-0.4, -0.2) is 31.8 Å². The lowest BCUT2D eigenvalue weighted by molar-refractivity contribution is 0.198. The number of nitrogens with zero attached hydrogens (tertiary/aromatic N) is 1. The van der Waals surface area contributed by atoms with Crippen molar-refractivity contribution in [3.63, 3.8) is 0 Å². The summed E-state index contributed by atoms with van der Waals surface area (Å²) in [5.74, 6) is 0.635. The highest BCUT2D eigenvalue weighted by Gasteiger charge is 2.04. The number of halogens is 1. The molecule has 0 aliphatic carbocycles. The molecule has 0 saturated carbocycles. The van der Waals surface area contributed by atoms with Crippen molar-refractivity contribution in [2.75, 3.05) is 26.8 Å². The molecule has 0 aromatic carbocycles. The van der Waals surface area contributed by atoms with Gasteiger partial charge in [-0.05, 0) is 36.9 Å². The molecule has 0 saturated heterocycles. The maximum Gasteiger partial charge on any atom is 0.0621 e. The number of aromatic nitrogens is 1. The molecule has 0 amide bonds. The normalized spacial score (nSPS) is 12.6. The zero-order valence-corrected chi connectivity index (χ0v) is 11.3. The highest BCUT2D eigenvalue weighted by molar-refractivity contribution is 6.31. The quantitative estimate of drug-likeness (QED) is 0.726. The molecule has 0 aliphatic heterocycles. The van der Waals surface area contributed by atoms with E-state index in [-0.39, 0.29) is 0 Å². The fourth-order valence-electron chi connectivity index (χ4n) is 1.63. The van der Waals surface area contributed by atoms with E-state index in [0.717, 1.165) is 37.6 Å². The van der Waals surface area contributed by atoms with E-state index in [1.165, 1.54) is 5.56 Å². The smallest absolute Gasteiger partial charge is 0.0621 e. The van der Waals surface area contributed by atoms with Gasteiger partial charge >= 0.3 is 0 Å². The van der Waals surface area contributed by atoms with Crippen LogP contribution in [0.4, 0.5) is 0 Å². The minimum atomic E-state index is 0.635. The van der Waals surface area contributed by atoms with Crippen LogP contribution in [0.15, 0.2) is 18.5 Å². The van der Waals surface area contributed by atoms with Gasteiger partial charge in [0.25, 0.3) is 0 Å². The predicted molar refractivity (Wildman–Crippen MR) is 71.5 cm³/mol. The van der Waals surface area contributed by atoms with Gasteiger partial charge in [0.2, 0.25) is 0 Å². The molecular weight excluding hydrogens is 236 g/mol. The summed E-state index contributed by atoms with van der Waals surface area (Å²) in [6.07, 6.45) is 5.64. The minimum absolute atomic E-state index is 0.635. The van der Waals surface area contributed by atoms with Gasteiger partial charge in [0.1, 0.15) is 0 Å². The molecule has 1 unspecified atom stereocenters. The highest BCUT2D eigenvalue weighted by Crippen LogP contribution is 2.17. The van der Waals surface area contributed by atoms with Crippen molar-refractivity contribution in [1.82, 2.24) is 10.3 Å². The molecule has 0 bridgehead atoms. The second-order valence-corrected chi connectivity index (χ2v) is 4.72. The largest absolute Gasteiger partial charge is 0.383 e. The van der Waals surface area contributed by atoms with Crippen LogP contribution in [0, 0.1) is 5.92 Å². The fraction of sp³-hybridized carbons (Fsp3) is 0.615. The van der Waals surface area contributed by atoms with Gasteiger partial charge in [-0.3, -0.25) is 4.98 Å². The van der Waals surface area contributed by atoms with Crippen LogP contribution in [0.5, 0.6) is 0 Å². The van der Waals surface area contributed by atoms with Crippen molar-refractivity contribution >= 4 is 11.6 Å². The number of methoxy groups -OCH3 is 1. The first kappa shape index (κ1) is 14.4. The topological polar surface area (TPSA) is 34.1 Å². The number of aryl methyl sites for hydroxylation is 1. The fourth-order valence-corrected chi connectivity index (χ4v) is 1.85. The maximum absolute atomic E-state index is 6.06. The lowest BCUT2D eigenvalue weighted by Gasteiger charge is -2.12. The Morgan fingerprint density at radius 1 is 1.53 bits per heavy atom. The third-order valence-electron chi connectivity index (χ3n) is 2.74. The molecule has 0 aliphatic rings. The number of ether oxygens (including phenoxy) is 1. The molecule has 4 heteroatoms. The van der Waals surface area contributed by atoms with Crippen LogP contribution in [0.2, 0.25) is 5.02 Å². The van der Waals surface area contributed by atoms with Gasteiger partial charge in [0.05, 0.1) is 11.6 Å². The summed E-state index contributed by atoms with van der Waals surface area (Å²) in [7, 11) is 1.72. The second-order valence-electron chi connectivity index (χ2n) is 4.31. The van der Waals surface area contributed by atoms with Gasteiger partial charge in [0.15, 0.2) is 0 Å². The van der Waals surface area contributed by atoms with Gasteiger partial charge in [-0.1, -0.05) is 18.5 Å². The molecule has 1 atom stereocenters. The molecule has 1 heterocycles. The molecule has 0 fully saturated rings. The summed E-state index contributed by atoms with van der Waals surface area (Å²) in [5.41, 5.74) is 1.19. The van der Waals surface area contributed by atoms with Crippen LogP contribution in [0.1, 0.15) is 18.9 Å². The van der Waals surface area contributed by atoms with Crippen LogP contribution in [0.3, 0.4) is 0 Å². The standard InChI is InChI=1S/C13H21ClN2O/c1-11(9-16-7-8-17-2)3-4-12-5-6-15-10-13(12)14/h5-6,10-11,16H,3-4,7-9H2,1-2H3. The zero-order valence-electron chi connectivity index (χ0n) is 10.6. The van der Waals surface area contributed by atoms with Crippen molar-refractivity contribution in [2.45, 2.75) is 19.8 Å². The van der Waals surface area contributed by atoms with E-state index in [1.54, 1.807) is 19.5 Å². The van der Waals surface area contributed by atoms with E-state index < -0.39 is 0 Å². The third kappa shape index (κ3) is 6.01. The molecule has 1 rings (SSSR count). The Kier molecular flexibility index (Phi) is 7.17. The predicted octanol–water partition coefficient (Wildman–Crippen LogP) is 2.54. The molecule has 96 valence electrons. The Labute approximate surface area is 109 Å². The van der Waals surface area contributed by atoms with Crippen LogP contribution < -0.4 is 5.32 Å². The number of pyridine rings is 1. The number of hydrogen-bond donors (Lipinski definition) is 1. The van der Waals surface area contributed by atoms with Crippen LogP contribution >= 0.6 is 11.6 Å². The summed E-state index contributed by atoms with van der Waals surface area (Å²) in [5, 5.41) is 4.14. The van der Waals surface area contributed by atoms with Gasteiger partial charge < -0.3 is 10.1 Å². The Morgan fingerprint density at radius 2 is 2.35 bits per heavy atom. The van der Waals surface area contributed by atoms with E-state index in [1.807, 2.05) is 6.07 Å². The van der Waals surface area contributed by atoms with Crippen molar-refractivity contribution in [3.05, 3.63) is 29.0 Å². The molecule has 1 aromatic rings. The first-order valence-electron chi connectivity index (χ1n) is 6.02. The molecule has 1 N–H and O–H groups in total. The Morgan fingerprint density at radius 3 is 3.06 bits per heavy atom. The van der Waals surface area contributed by atoms with Gasteiger partial charge in [0, 0.05) is 26.0 Å². The Bertz CT molecular complexity index is 320. The summed E-state index contributed by atoms with van der Waals surface area (Å²) in [6, 6.07) is 1.99. The zero-order chi connectivity index (χ0) is 12.5. The summed E-state index contributed by atoms with van der Waals surface area (Å²) in [6.45, 7) is 4.95. The number of nitrogens with one attached hydrogen (secondary N) is 1. The van der Waals surface area contributed by atoms with E-state index in [4.69, 9.17) is 16.3 Å². The molecule has 17 heavy (non-hydrogen) atoms. The Hall–Kier alpha value is -0.640. The summed E-state index contributed by atoms with van der Waals surface area (Å²) in [4.78, 5) is 3.98. The average Bonchev–Trinajstić information content (AvgIpc) is 2.34. The monoisotopic (exact) mass is 256 g/mol. The summed E-state index contributed by atoms with van der Waals surface area (Å²) < 4.78 is 4.98. The van der Waals surface area contributed by atoms with E-state index >= 15 is 0 Å². The summed E-state index contributed by atoms with van der Waals surface area (Å²) >= 11 is 6.06. The minimum Gasteiger partial charge on any atom is -0.383 e. The third-order valence-corrected chi connectivity index (χ3v) is 3.08. The number of hydrogen-bond acceptors (Lipinski definition) is 3. The molecule has 0 radical (unpaired) electrons. The molecule has 1 aromatic heterocycles. The number of rotatable bonds is 8. The highest BCUT2D eigenvalue weighted by atomic mass is 35.5. The SMILES string of the molecule is COCCNCC(C)CCc1ccncc1Cl. The molecular formula is C13H21ClN2O. The second kappa shape index (κ2) is 8.45. The first-order chi connectivity index (χ1) is 8.24. The van der Waals surface area contributed by atoms with Crippen molar-refractivity contribution < 1.29 is 4.74 Å². The van der Waals surface area contributed by atoms with Crippen molar-refractivity contribution in [2.24, 2.45) is 5.92 Å². The van der Waals surface area contributed by atoms with Crippen molar-refractivity contribution in [3.8, 4) is 0 Å². The lowest BCUT2D eigenvalue weighted by Crippen LogP contribution is -2.25. The average molecular weight is 257 g/mol. The van der Waals surface area contributed by atoms with E-state index in [9.17, 15) is 0 Å². The van der Waals surface area contributed by atoms with Gasteiger partial charge in [-0.2, -0.15) is 0 Å². The molecule has 0 spiro atoms. The van der Waals surface area contributed by atoms with E-state index in [0.29, 0.717) is 5.92 Å². The van der Waals surface area contributed by atoms with Crippen LogP contribution in [0.25, 0.3) is 0 Å². The molecule has 3 nitrogen and oxygen atoms in total. The van der Waals surface area contributed by atoms with Gasteiger partial charge in [-0.25, -0.2) is 0 Å².